The normalized spacial score (nSPS) is 12.6. The van der Waals surface area contributed by atoms with E-state index in [4.69, 9.17) is 5.73 Å². The quantitative estimate of drug-likeness (QED) is 0.855. The van der Waals surface area contributed by atoms with Crippen molar-refractivity contribution in [1.82, 2.24) is 15.0 Å². The summed E-state index contributed by atoms with van der Waals surface area (Å²) in [4.78, 5) is 11.2. The molecule has 0 saturated heterocycles. The number of halogens is 1. The van der Waals surface area contributed by atoms with E-state index < -0.39 is 0 Å². The Labute approximate surface area is 105 Å². The maximum atomic E-state index is 13.1. The van der Waals surface area contributed by atoms with Crippen LogP contribution >= 0.6 is 0 Å². The highest BCUT2D eigenvalue weighted by atomic mass is 19.1. The lowest BCUT2D eigenvalue weighted by molar-refractivity contribution is 0.580. The van der Waals surface area contributed by atoms with Crippen LogP contribution in [0.15, 0.2) is 24.7 Å². The molecule has 2 aromatic heterocycles. The van der Waals surface area contributed by atoms with E-state index in [1.807, 2.05) is 0 Å². The summed E-state index contributed by atoms with van der Waals surface area (Å²) < 4.78 is 13.1. The van der Waals surface area contributed by atoms with Gasteiger partial charge in [-0.15, -0.1) is 0 Å². The van der Waals surface area contributed by atoms with Crippen molar-refractivity contribution in [1.29, 1.82) is 0 Å². The van der Waals surface area contributed by atoms with E-state index in [2.05, 4.69) is 21.9 Å². The van der Waals surface area contributed by atoms with Crippen LogP contribution in [0.25, 0.3) is 11.3 Å². The average molecular weight is 248 g/mol. The van der Waals surface area contributed by atoms with Crippen LogP contribution in [-0.2, 0) is 0 Å². The van der Waals surface area contributed by atoms with Gasteiger partial charge < -0.3 is 10.7 Å². The molecular formula is C13H17FN4. The molecule has 0 aliphatic carbocycles. The molecule has 1 unspecified atom stereocenters. The summed E-state index contributed by atoms with van der Waals surface area (Å²) in [5.74, 6) is 0.377. The summed E-state index contributed by atoms with van der Waals surface area (Å²) in [5, 5.41) is 0. The highest BCUT2D eigenvalue weighted by Crippen LogP contribution is 2.20. The number of nitrogens with two attached hydrogens (primary N) is 1. The minimum Gasteiger partial charge on any atom is -0.341 e. The Morgan fingerprint density at radius 1 is 1.39 bits per heavy atom. The van der Waals surface area contributed by atoms with E-state index in [1.54, 1.807) is 12.4 Å². The minimum absolute atomic E-state index is 0.0970. The molecule has 0 aliphatic rings. The number of unbranched alkanes of at least 4 members (excludes halogenated alkanes) is 1. The number of hydrogen-bond acceptors (Lipinski definition) is 3. The van der Waals surface area contributed by atoms with Crippen LogP contribution in [-0.4, -0.2) is 15.0 Å². The smallest absolute Gasteiger partial charge is 0.142 e. The fourth-order valence-corrected chi connectivity index (χ4v) is 1.79. The number of H-pyrrole nitrogens is 1. The Bertz CT molecular complexity index is 509. The first-order valence-corrected chi connectivity index (χ1v) is 6.12. The first-order chi connectivity index (χ1) is 8.70. The van der Waals surface area contributed by atoms with Crippen LogP contribution in [0.4, 0.5) is 4.39 Å². The average Bonchev–Trinajstić information content (AvgIpc) is 2.85. The van der Waals surface area contributed by atoms with E-state index in [-0.39, 0.29) is 11.9 Å². The Hall–Kier alpha value is -1.75. The molecule has 4 nitrogen and oxygen atoms in total. The van der Waals surface area contributed by atoms with E-state index in [1.165, 1.54) is 12.3 Å². The van der Waals surface area contributed by atoms with Crippen molar-refractivity contribution >= 4 is 0 Å². The first-order valence-electron chi connectivity index (χ1n) is 6.12. The molecule has 0 radical (unpaired) electrons. The van der Waals surface area contributed by atoms with Crippen LogP contribution < -0.4 is 5.73 Å². The van der Waals surface area contributed by atoms with Crippen molar-refractivity contribution in [2.24, 2.45) is 5.73 Å². The Morgan fingerprint density at radius 3 is 2.94 bits per heavy atom. The van der Waals surface area contributed by atoms with Crippen molar-refractivity contribution in [2.45, 2.75) is 32.2 Å². The van der Waals surface area contributed by atoms with Gasteiger partial charge in [-0.1, -0.05) is 19.8 Å². The number of imidazole rings is 1. The third kappa shape index (κ3) is 2.92. The number of pyridine rings is 1. The molecule has 0 amide bonds. The Balaban J connectivity index is 2.15. The molecule has 2 aromatic rings. The molecule has 96 valence electrons. The number of nitrogens with one attached hydrogen (secondary N) is 1. The van der Waals surface area contributed by atoms with Crippen molar-refractivity contribution in [3.8, 4) is 11.3 Å². The van der Waals surface area contributed by atoms with Crippen LogP contribution in [0.5, 0.6) is 0 Å². The summed E-state index contributed by atoms with van der Waals surface area (Å²) >= 11 is 0. The monoisotopic (exact) mass is 248 g/mol. The molecule has 0 aromatic carbocycles. The second-order valence-corrected chi connectivity index (χ2v) is 4.32. The number of nitrogens with zero attached hydrogens (tertiary/aromatic N) is 2. The largest absolute Gasteiger partial charge is 0.341 e. The van der Waals surface area contributed by atoms with Gasteiger partial charge in [0.05, 0.1) is 24.1 Å². The van der Waals surface area contributed by atoms with Crippen LogP contribution in [0.1, 0.15) is 38.1 Å². The Morgan fingerprint density at radius 2 is 2.22 bits per heavy atom. The van der Waals surface area contributed by atoms with Gasteiger partial charge in [-0.05, 0) is 12.5 Å². The van der Waals surface area contributed by atoms with Gasteiger partial charge in [0.1, 0.15) is 11.6 Å². The summed E-state index contributed by atoms with van der Waals surface area (Å²) in [6.45, 7) is 2.12. The molecule has 0 fully saturated rings. The molecule has 5 heteroatoms. The van der Waals surface area contributed by atoms with Crippen molar-refractivity contribution in [3.05, 3.63) is 36.3 Å². The number of hydrogen-bond donors (Lipinski definition) is 2. The molecule has 3 N–H and O–H groups in total. The highest BCUT2D eigenvalue weighted by Gasteiger charge is 2.11. The van der Waals surface area contributed by atoms with E-state index in [9.17, 15) is 4.39 Å². The summed E-state index contributed by atoms with van der Waals surface area (Å²) in [6.07, 6.45) is 7.50. The summed E-state index contributed by atoms with van der Waals surface area (Å²) in [5.41, 5.74) is 7.44. The van der Waals surface area contributed by atoms with Gasteiger partial charge in [-0.3, -0.25) is 4.98 Å². The van der Waals surface area contributed by atoms with Crippen LogP contribution in [0, 0.1) is 5.82 Å². The standard InChI is InChI=1S/C13H17FN4/c1-2-3-4-11(15)13-17-8-12(18-13)9-5-10(14)7-16-6-9/h5-8,11H,2-4,15H2,1H3,(H,17,18). The topological polar surface area (TPSA) is 67.6 Å². The lowest BCUT2D eigenvalue weighted by Gasteiger charge is -2.07. The zero-order valence-corrected chi connectivity index (χ0v) is 10.4. The number of aromatic amines is 1. The third-order valence-electron chi connectivity index (χ3n) is 2.83. The molecule has 2 heterocycles. The maximum absolute atomic E-state index is 13.1. The zero-order chi connectivity index (χ0) is 13.0. The molecule has 0 spiro atoms. The zero-order valence-electron chi connectivity index (χ0n) is 10.4. The Kier molecular flexibility index (Phi) is 4.04. The molecule has 1 atom stereocenters. The summed E-state index contributed by atoms with van der Waals surface area (Å²) in [7, 11) is 0. The van der Waals surface area contributed by atoms with E-state index >= 15 is 0 Å². The second-order valence-electron chi connectivity index (χ2n) is 4.32. The maximum Gasteiger partial charge on any atom is 0.142 e. The molecule has 0 bridgehead atoms. The SMILES string of the molecule is CCCCC(N)c1ncc(-c2cncc(F)c2)[nH]1. The minimum atomic E-state index is -0.362. The molecule has 18 heavy (non-hydrogen) atoms. The van der Waals surface area contributed by atoms with Crippen molar-refractivity contribution in [2.75, 3.05) is 0 Å². The molecule has 0 aliphatic heterocycles. The molecule has 2 rings (SSSR count). The van der Waals surface area contributed by atoms with E-state index in [0.717, 1.165) is 30.8 Å². The fourth-order valence-electron chi connectivity index (χ4n) is 1.79. The van der Waals surface area contributed by atoms with Gasteiger partial charge >= 0.3 is 0 Å². The van der Waals surface area contributed by atoms with Crippen LogP contribution in [0.3, 0.4) is 0 Å². The fraction of sp³-hybridized carbons (Fsp3) is 0.385. The molecular weight excluding hydrogens is 231 g/mol. The first kappa shape index (κ1) is 12.7. The van der Waals surface area contributed by atoms with Gasteiger partial charge in [-0.25, -0.2) is 9.37 Å². The third-order valence-corrected chi connectivity index (χ3v) is 2.83. The lowest BCUT2D eigenvalue weighted by Crippen LogP contribution is -2.11. The number of rotatable bonds is 5. The summed E-state index contributed by atoms with van der Waals surface area (Å²) in [6, 6.07) is 1.32. The predicted octanol–water partition coefficient (Wildman–Crippen LogP) is 2.80. The van der Waals surface area contributed by atoms with Crippen molar-refractivity contribution in [3.63, 3.8) is 0 Å². The van der Waals surface area contributed by atoms with Gasteiger partial charge in [0.15, 0.2) is 0 Å². The van der Waals surface area contributed by atoms with Gasteiger partial charge in [-0.2, -0.15) is 0 Å². The number of aromatic nitrogens is 3. The predicted molar refractivity (Wildman–Crippen MR) is 68.2 cm³/mol. The van der Waals surface area contributed by atoms with Crippen LogP contribution in [0.2, 0.25) is 0 Å². The molecule has 0 saturated carbocycles. The van der Waals surface area contributed by atoms with Crippen molar-refractivity contribution < 1.29 is 4.39 Å². The van der Waals surface area contributed by atoms with Gasteiger partial charge in [0, 0.05) is 11.8 Å². The van der Waals surface area contributed by atoms with Gasteiger partial charge in [0.25, 0.3) is 0 Å². The van der Waals surface area contributed by atoms with E-state index in [0.29, 0.717) is 5.56 Å². The lowest BCUT2D eigenvalue weighted by atomic mass is 10.1. The van der Waals surface area contributed by atoms with Gasteiger partial charge in [0.2, 0.25) is 0 Å². The second kappa shape index (κ2) is 5.73. The highest BCUT2D eigenvalue weighted by molar-refractivity contribution is 5.56.